The molecule has 11 nitrogen and oxygen atoms in total. The molecular formula is C25H22ClFN6O5. The lowest BCUT2D eigenvalue weighted by molar-refractivity contribution is -0.142. The maximum Gasteiger partial charge on any atom is 0.355 e. The topological polar surface area (TPSA) is 141 Å². The Labute approximate surface area is 220 Å². The van der Waals surface area contributed by atoms with Gasteiger partial charge in [0, 0.05) is 29.2 Å². The van der Waals surface area contributed by atoms with Crippen LogP contribution in [0.5, 0.6) is 11.6 Å². The molecule has 0 unspecified atom stereocenters. The van der Waals surface area contributed by atoms with E-state index in [4.69, 9.17) is 16.3 Å². The second-order valence-electron chi connectivity index (χ2n) is 8.37. The molecule has 2 aromatic carbocycles. The summed E-state index contributed by atoms with van der Waals surface area (Å²) in [6.45, 7) is 2.81. The predicted molar refractivity (Wildman–Crippen MR) is 137 cm³/mol. The van der Waals surface area contributed by atoms with Crippen molar-refractivity contribution in [3.05, 3.63) is 98.4 Å². The standard InChI is InChI=1S/C25H22ClFN6O5/c1-14(22(34)35)15(2)33-24(36)31-23(32(25(33)37)13-16-3-5-17(26)6-4-16)30-18-7-8-20(19(27)11-18)38-21-12-28-9-10-29-21/h3-12,14-15H,13H2,1-2H3,(H,34,35)(H,30,31,36)/t14-,15+/m1/s1. The Kier molecular flexibility index (Phi) is 7.82. The second-order valence-corrected chi connectivity index (χ2v) is 8.80. The van der Waals surface area contributed by atoms with Gasteiger partial charge in [0.05, 0.1) is 24.7 Å². The number of carboxylic acids is 1. The van der Waals surface area contributed by atoms with Gasteiger partial charge >= 0.3 is 17.3 Å². The zero-order valence-corrected chi connectivity index (χ0v) is 21.0. The third-order valence-electron chi connectivity index (χ3n) is 5.82. The highest BCUT2D eigenvalue weighted by Gasteiger charge is 2.26. The molecule has 0 spiro atoms. The van der Waals surface area contributed by atoms with Crippen molar-refractivity contribution >= 4 is 29.2 Å². The van der Waals surface area contributed by atoms with E-state index in [1.165, 1.54) is 44.6 Å². The van der Waals surface area contributed by atoms with Crippen LogP contribution >= 0.6 is 11.6 Å². The average Bonchev–Trinajstić information content (AvgIpc) is 2.89. The van der Waals surface area contributed by atoms with Crippen LogP contribution in [0.15, 0.2) is 70.6 Å². The summed E-state index contributed by atoms with van der Waals surface area (Å²) in [5.74, 6) is -3.14. The van der Waals surface area contributed by atoms with Crippen molar-refractivity contribution in [3.8, 4) is 11.6 Å². The van der Waals surface area contributed by atoms with E-state index in [0.717, 1.165) is 15.2 Å². The van der Waals surface area contributed by atoms with Crippen LogP contribution in [0.4, 0.5) is 16.0 Å². The molecule has 0 bridgehead atoms. The van der Waals surface area contributed by atoms with Crippen molar-refractivity contribution in [2.24, 2.45) is 5.92 Å². The van der Waals surface area contributed by atoms with Gasteiger partial charge in [-0.15, -0.1) is 0 Å². The molecule has 0 fully saturated rings. The highest BCUT2D eigenvalue weighted by molar-refractivity contribution is 6.30. The quantitative estimate of drug-likeness (QED) is 0.323. The van der Waals surface area contributed by atoms with Crippen LogP contribution in [0.3, 0.4) is 0 Å². The summed E-state index contributed by atoms with van der Waals surface area (Å²) in [5.41, 5.74) is -0.904. The number of hydrogen-bond acceptors (Lipinski definition) is 8. The summed E-state index contributed by atoms with van der Waals surface area (Å²) in [6, 6.07) is 9.58. The van der Waals surface area contributed by atoms with Crippen LogP contribution in [0.1, 0.15) is 25.5 Å². The number of anilines is 2. The largest absolute Gasteiger partial charge is 0.481 e. The van der Waals surface area contributed by atoms with E-state index < -0.39 is 35.1 Å². The highest BCUT2D eigenvalue weighted by Crippen LogP contribution is 2.26. The maximum absolute atomic E-state index is 14.8. The average molecular weight is 541 g/mol. The van der Waals surface area contributed by atoms with Crippen molar-refractivity contribution in [1.29, 1.82) is 0 Å². The lowest BCUT2D eigenvalue weighted by Crippen LogP contribution is -2.46. The first-order chi connectivity index (χ1) is 18.1. The van der Waals surface area contributed by atoms with Gasteiger partial charge in [0.1, 0.15) is 0 Å². The fourth-order valence-electron chi connectivity index (χ4n) is 3.54. The molecule has 38 heavy (non-hydrogen) atoms. The Morgan fingerprint density at radius 2 is 1.89 bits per heavy atom. The van der Waals surface area contributed by atoms with Gasteiger partial charge in [-0.3, -0.25) is 14.3 Å². The molecule has 4 rings (SSSR count). The molecule has 2 heterocycles. The van der Waals surface area contributed by atoms with Crippen molar-refractivity contribution < 1.29 is 19.0 Å². The van der Waals surface area contributed by atoms with Crippen molar-refractivity contribution in [2.45, 2.75) is 26.4 Å². The van der Waals surface area contributed by atoms with E-state index in [0.29, 0.717) is 10.6 Å². The fourth-order valence-corrected chi connectivity index (χ4v) is 3.66. The zero-order chi connectivity index (χ0) is 27.4. The molecule has 196 valence electrons. The number of halogens is 2. The minimum atomic E-state index is -1.17. The second kappa shape index (κ2) is 11.2. The molecule has 0 amide bonds. The molecule has 0 saturated heterocycles. The molecule has 0 saturated carbocycles. The van der Waals surface area contributed by atoms with Crippen LogP contribution in [0.2, 0.25) is 5.02 Å². The van der Waals surface area contributed by atoms with Crippen molar-refractivity contribution in [2.75, 3.05) is 5.32 Å². The van der Waals surface area contributed by atoms with Gasteiger partial charge in [0.2, 0.25) is 11.8 Å². The van der Waals surface area contributed by atoms with Crippen LogP contribution in [0, 0.1) is 11.7 Å². The molecule has 2 atom stereocenters. The lowest BCUT2D eigenvalue weighted by atomic mass is 10.0. The molecule has 2 N–H and O–H groups in total. The molecule has 2 aromatic heterocycles. The van der Waals surface area contributed by atoms with Gasteiger partial charge in [0.25, 0.3) is 0 Å². The van der Waals surface area contributed by atoms with E-state index in [9.17, 15) is 23.9 Å². The minimum Gasteiger partial charge on any atom is -0.481 e. The number of carbonyl (C=O) groups is 1. The predicted octanol–water partition coefficient (Wildman–Crippen LogP) is 3.85. The molecule has 0 aliphatic heterocycles. The summed E-state index contributed by atoms with van der Waals surface area (Å²) in [4.78, 5) is 49.6. The Hall–Kier alpha value is -4.58. The van der Waals surface area contributed by atoms with E-state index in [1.54, 1.807) is 24.3 Å². The van der Waals surface area contributed by atoms with Gasteiger partial charge in [-0.2, -0.15) is 4.98 Å². The molecular weight excluding hydrogens is 519 g/mol. The lowest BCUT2D eigenvalue weighted by Gasteiger charge is -2.21. The van der Waals surface area contributed by atoms with E-state index >= 15 is 0 Å². The van der Waals surface area contributed by atoms with Gasteiger partial charge in [-0.25, -0.2) is 23.5 Å². The normalized spacial score (nSPS) is 12.5. The van der Waals surface area contributed by atoms with Gasteiger partial charge < -0.3 is 15.2 Å². The summed E-state index contributed by atoms with van der Waals surface area (Å²) >= 11 is 5.97. The summed E-state index contributed by atoms with van der Waals surface area (Å²) in [7, 11) is 0. The first-order valence-electron chi connectivity index (χ1n) is 11.3. The smallest absolute Gasteiger partial charge is 0.355 e. The van der Waals surface area contributed by atoms with Gasteiger partial charge in [0.15, 0.2) is 11.6 Å². The molecule has 0 radical (unpaired) electrons. The van der Waals surface area contributed by atoms with E-state index in [-0.39, 0.29) is 29.8 Å². The van der Waals surface area contributed by atoms with Crippen molar-refractivity contribution in [1.82, 2.24) is 24.1 Å². The molecule has 0 aliphatic carbocycles. The van der Waals surface area contributed by atoms with Crippen LogP contribution < -0.4 is 21.4 Å². The molecule has 0 aliphatic rings. The summed E-state index contributed by atoms with van der Waals surface area (Å²) < 4.78 is 22.1. The van der Waals surface area contributed by atoms with Crippen LogP contribution in [0.25, 0.3) is 0 Å². The Bertz CT molecular complexity index is 1580. The van der Waals surface area contributed by atoms with Gasteiger partial charge in [-0.05, 0) is 43.7 Å². The third-order valence-corrected chi connectivity index (χ3v) is 6.07. The zero-order valence-electron chi connectivity index (χ0n) is 20.2. The number of nitrogens with one attached hydrogen (secondary N) is 1. The number of benzene rings is 2. The SMILES string of the molecule is C[C@@H](C(=O)O)[C@H](C)n1c(=O)nc(Nc2ccc(Oc3cnccn3)c(F)c2)n(Cc2ccc(Cl)cc2)c1=O. The number of nitrogens with zero attached hydrogens (tertiary/aromatic N) is 5. The van der Waals surface area contributed by atoms with Gasteiger partial charge in [-0.1, -0.05) is 23.7 Å². The highest BCUT2D eigenvalue weighted by atomic mass is 35.5. The van der Waals surface area contributed by atoms with Crippen LogP contribution in [-0.4, -0.2) is 35.2 Å². The minimum absolute atomic E-state index is 0.0316. The summed E-state index contributed by atoms with van der Waals surface area (Å²) in [6.07, 6.45) is 4.17. The number of carboxylic acid groups (broad SMARTS) is 1. The van der Waals surface area contributed by atoms with Crippen LogP contribution in [-0.2, 0) is 11.3 Å². The van der Waals surface area contributed by atoms with E-state index in [2.05, 4.69) is 20.3 Å². The Morgan fingerprint density at radius 1 is 1.16 bits per heavy atom. The fraction of sp³-hybridized carbons (Fsp3) is 0.200. The first kappa shape index (κ1) is 26.5. The Morgan fingerprint density at radius 3 is 2.53 bits per heavy atom. The summed E-state index contributed by atoms with van der Waals surface area (Å²) in [5, 5.41) is 12.7. The third kappa shape index (κ3) is 5.86. The van der Waals surface area contributed by atoms with E-state index in [1.807, 2.05) is 0 Å². The number of aromatic nitrogens is 5. The monoisotopic (exact) mass is 540 g/mol. The maximum atomic E-state index is 14.8. The van der Waals surface area contributed by atoms with Crippen molar-refractivity contribution in [3.63, 3.8) is 0 Å². The molecule has 4 aromatic rings. The number of aliphatic carboxylic acids is 1. The number of ether oxygens (including phenoxy) is 1. The molecule has 13 heteroatoms. The first-order valence-corrected chi connectivity index (χ1v) is 11.7. The number of hydrogen-bond donors (Lipinski definition) is 2. The number of rotatable bonds is 9. The Balaban J connectivity index is 1.73.